The molecule has 0 unspecified atom stereocenters. The average Bonchev–Trinajstić information content (AvgIpc) is 2.69. The quantitative estimate of drug-likeness (QED) is 0.385. The van der Waals surface area contributed by atoms with Crippen molar-refractivity contribution in [3.05, 3.63) is 85.8 Å². The molecule has 0 bridgehead atoms. The first kappa shape index (κ1) is 20.8. The van der Waals surface area contributed by atoms with E-state index < -0.39 is 0 Å². The van der Waals surface area contributed by atoms with Crippen LogP contribution in [-0.4, -0.2) is 7.11 Å². The van der Waals surface area contributed by atoms with E-state index in [2.05, 4.69) is 21.2 Å². The van der Waals surface area contributed by atoms with Crippen molar-refractivity contribution in [1.82, 2.24) is 0 Å². The van der Waals surface area contributed by atoms with Crippen molar-refractivity contribution < 1.29 is 9.47 Å². The van der Waals surface area contributed by atoms with Crippen molar-refractivity contribution >= 4 is 44.8 Å². The molecule has 1 N–H and O–H groups in total. The molecule has 0 radical (unpaired) electrons. The molecular weight excluding hydrogens is 461 g/mol. The molecule has 0 saturated carbocycles. The zero-order valence-corrected chi connectivity index (χ0v) is 18.7. The third kappa shape index (κ3) is 5.13. The summed E-state index contributed by atoms with van der Waals surface area (Å²) in [7, 11) is 1.63. The Morgan fingerprint density at radius 2 is 1.75 bits per heavy atom. The van der Waals surface area contributed by atoms with E-state index in [0.29, 0.717) is 29.7 Å². The monoisotopic (exact) mass is 479 g/mol. The van der Waals surface area contributed by atoms with Crippen molar-refractivity contribution in [3.8, 4) is 11.5 Å². The second kappa shape index (κ2) is 9.55. The average molecular weight is 481 g/mol. The van der Waals surface area contributed by atoms with Gasteiger partial charge in [-0.05, 0) is 75.9 Å². The maximum Gasteiger partial charge on any atom is 0.175 e. The van der Waals surface area contributed by atoms with E-state index in [1.54, 1.807) is 7.11 Å². The summed E-state index contributed by atoms with van der Waals surface area (Å²) in [5.74, 6) is 1.34. The molecule has 3 nitrogen and oxygen atoms in total. The fraction of sp³-hybridized carbons (Fsp3) is 0.182. The van der Waals surface area contributed by atoms with E-state index in [9.17, 15) is 0 Å². The van der Waals surface area contributed by atoms with Crippen LogP contribution in [0.3, 0.4) is 0 Å². The summed E-state index contributed by atoms with van der Waals surface area (Å²) in [6.07, 6.45) is 0. The van der Waals surface area contributed by atoms with Crippen LogP contribution in [0.2, 0.25) is 10.0 Å². The number of nitrogens with one attached hydrogen (secondary N) is 1. The Balaban J connectivity index is 1.73. The topological polar surface area (TPSA) is 30.5 Å². The van der Waals surface area contributed by atoms with E-state index >= 15 is 0 Å². The van der Waals surface area contributed by atoms with Crippen molar-refractivity contribution in [2.24, 2.45) is 0 Å². The molecule has 0 aromatic heterocycles. The molecule has 28 heavy (non-hydrogen) atoms. The number of methoxy groups -OCH3 is 1. The molecule has 6 heteroatoms. The minimum Gasteiger partial charge on any atom is -0.493 e. The third-order valence-corrected chi connectivity index (χ3v) is 5.59. The van der Waals surface area contributed by atoms with Gasteiger partial charge in [-0.1, -0.05) is 41.4 Å². The molecule has 0 aliphatic carbocycles. The van der Waals surface area contributed by atoms with Gasteiger partial charge in [-0.3, -0.25) is 0 Å². The number of ether oxygens (including phenoxy) is 2. The first-order valence-electron chi connectivity index (χ1n) is 8.70. The maximum absolute atomic E-state index is 6.19. The Hall–Kier alpha value is -1.88. The van der Waals surface area contributed by atoms with Crippen LogP contribution in [0.15, 0.2) is 59.1 Å². The van der Waals surface area contributed by atoms with Gasteiger partial charge in [0.1, 0.15) is 6.61 Å². The van der Waals surface area contributed by atoms with Crippen LogP contribution >= 0.6 is 39.1 Å². The van der Waals surface area contributed by atoms with Crippen molar-refractivity contribution in [2.75, 3.05) is 12.4 Å². The number of rotatable bonds is 7. The van der Waals surface area contributed by atoms with Gasteiger partial charge in [-0.15, -0.1) is 0 Å². The van der Waals surface area contributed by atoms with Gasteiger partial charge in [0.25, 0.3) is 0 Å². The Morgan fingerprint density at radius 3 is 2.46 bits per heavy atom. The molecule has 0 aliphatic heterocycles. The van der Waals surface area contributed by atoms with Crippen LogP contribution < -0.4 is 14.8 Å². The van der Waals surface area contributed by atoms with Gasteiger partial charge in [0, 0.05) is 22.3 Å². The molecule has 0 fully saturated rings. The fourth-order valence-corrected chi connectivity index (χ4v) is 3.65. The highest BCUT2D eigenvalue weighted by Crippen LogP contribution is 2.37. The normalized spacial score (nSPS) is 10.6. The zero-order chi connectivity index (χ0) is 20.1. The molecule has 0 atom stereocenters. The summed E-state index contributed by atoms with van der Waals surface area (Å²) in [4.78, 5) is 0. The van der Waals surface area contributed by atoms with Crippen LogP contribution in [0.4, 0.5) is 5.69 Å². The Morgan fingerprint density at radius 1 is 1.00 bits per heavy atom. The molecule has 0 aliphatic rings. The van der Waals surface area contributed by atoms with Crippen LogP contribution in [0.1, 0.15) is 16.7 Å². The second-order valence-corrected chi connectivity index (χ2v) is 7.99. The van der Waals surface area contributed by atoms with Gasteiger partial charge in [0.15, 0.2) is 11.5 Å². The van der Waals surface area contributed by atoms with Gasteiger partial charge >= 0.3 is 0 Å². The molecule has 0 saturated heterocycles. The zero-order valence-electron chi connectivity index (χ0n) is 15.6. The molecule has 0 heterocycles. The predicted octanol–water partition coefficient (Wildman–Crippen LogP) is 7.26. The second-order valence-electron chi connectivity index (χ2n) is 6.29. The summed E-state index contributed by atoms with van der Waals surface area (Å²) in [6.45, 7) is 3.05. The Kier molecular flexibility index (Phi) is 7.11. The highest BCUT2D eigenvalue weighted by Gasteiger charge is 2.12. The first-order chi connectivity index (χ1) is 13.5. The van der Waals surface area contributed by atoms with E-state index in [1.165, 1.54) is 0 Å². The lowest BCUT2D eigenvalue weighted by Gasteiger charge is -2.16. The third-order valence-electron chi connectivity index (χ3n) is 4.34. The van der Waals surface area contributed by atoms with Gasteiger partial charge in [-0.2, -0.15) is 0 Å². The van der Waals surface area contributed by atoms with Gasteiger partial charge < -0.3 is 14.8 Å². The smallest absolute Gasteiger partial charge is 0.175 e. The molecule has 3 aromatic carbocycles. The van der Waals surface area contributed by atoms with Gasteiger partial charge in [0.05, 0.1) is 11.6 Å². The number of benzene rings is 3. The lowest BCUT2D eigenvalue weighted by Crippen LogP contribution is -2.03. The van der Waals surface area contributed by atoms with Crippen LogP contribution in [0, 0.1) is 6.92 Å². The van der Waals surface area contributed by atoms with Crippen LogP contribution in [0.25, 0.3) is 0 Å². The number of halogens is 3. The van der Waals surface area contributed by atoms with E-state index in [4.69, 9.17) is 32.7 Å². The largest absolute Gasteiger partial charge is 0.493 e. The van der Waals surface area contributed by atoms with Crippen molar-refractivity contribution in [1.29, 1.82) is 0 Å². The van der Waals surface area contributed by atoms with E-state index in [1.807, 2.05) is 61.5 Å². The standard InChI is InChI=1S/C22H20BrCl2NO2/c1-14-19(25)4-3-5-20(14)26-12-16-10-18(23)22(21(11-16)27-2)28-13-15-6-8-17(24)9-7-15/h3-11,26H,12-13H2,1-2H3. The lowest BCUT2D eigenvalue weighted by atomic mass is 10.1. The Bertz CT molecular complexity index is 961. The predicted molar refractivity (Wildman–Crippen MR) is 120 cm³/mol. The lowest BCUT2D eigenvalue weighted by molar-refractivity contribution is 0.282. The highest BCUT2D eigenvalue weighted by atomic mass is 79.9. The number of anilines is 1. The van der Waals surface area contributed by atoms with Gasteiger partial charge in [0.2, 0.25) is 0 Å². The summed E-state index contributed by atoms with van der Waals surface area (Å²) in [6, 6.07) is 17.4. The molecule has 0 spiro atoms. The molecule has 146 valence electrons. The summed E-state index contributed by atoms with van der Waals surface area (Å²) in [5.41, 5.74) is 4.12. The molecule has 3 aromatic rings. The molecule has 0 amide bonds. The van der Waals surface area contributed by atoms with E-state index in [0.717, 1.165) is 31.9 Å². The number of hydrogen-bond acceptors (Lipinski definition) is 3. The Labute approximate surface area is 183 Å². The molecular formula is C22H20BrCl2NO2. The minimum absolute atomic E-state index is 0.422. The minimum atomic E-state index is 0.422. The van der Waals surface area contributed by atoms with Crippen LogP contribution in [-0.2, 0) is 13.2 Å². The summed E-state index contributed by atoms with van der Waals surface area (Å²) < 4.78 is 12.4. The SMILES string of the molecule is COc1cc(CNc2cccc(Cl)c2C)cc(Br)c1OCc1ccc(Cl)cc1. The first-order valence-corrected chi connectivity index (χ1v) is 10.3. The highest BCUT2D eigenvalue weighted by molar-refractivity contribution is 9.10. The van der Waals surface area contributed by atoms with Crippen LogP contribution in [0.5, 0.6) is 11.5 Å². The van der Waals surface area contributed by atoms with E-state index in [-0.39, 0.29) is 0 Å². The molecule has 3 rings (SSSR count). The van der Waals surface area contributed by atoms with Gasteiger partial charge in [-0.25, -0.2) is 0 Å². The van der Waals surface area contributed by atoms with Crippen molar-refractivity contribution in [3.63, 3.8) is 0 Å². The fourth-order valence-electron chi connectivity index (χ4n) is 2.75. The number of hydrogen-bond donors (Lipinski definition) is 1. The summed E-state index contributed by atoms with van der Waals surface area (Å²) >= 11 is 15.7. The summed E-state index contributed by atoms with van der Waals surface area (Å²) in [5, 5.41) is 4.87. The maximum atomic E-state index is 6.19. The van der Waals surface area contributed by atoms with Crippen molar-refractivity contribution in [2.45, 2.75) is 20.1 Å².